The van der Waals surface area contributed by atoms with Crippen LogP contribution in [0.25, 0.3) is 0 Å². The Labute approximate surface area is 122 Å². The maximum absolute atomic E-state index is 13.8. The molecule has 0 fully saturated rings. The van der Waals surface area contributed by atoms with Crippen LogP contribution in [0.2, 0.25) is 0 Å². The number of hydrogen-bond donors (Lipinski definition) is 2. The van der Waals surface area contributed by atoms with Gasteiger partial charge in [-0.1, -0.05) is 11.2 Å². The molecule has 2 rings (SSSR count). The van der Waals surface area contributed by atoms with Gasteiger partial charge in [-0.05, 0) is 25.5 Å². The number of aryl methyl sites for hydroxylation is 1. The van der Waals surface area contributed by atoms with Gasteiger partial charge in [-0.15, -0.1) is 11.3 Å². The first-order chi connectivity index (χ1) is 9.93. The second kappa shape index (κ2) is 5.96. The molecule has 2 N–H and O–H groups in total. The smallest absolute Gasteiger partial charge is 0.263 e. The zero-order valence-electron chi connectivity index (χ0n) is 11.1. The number of benzene rings is 1. The molecule has 8 heteroatoms. The van der Waals surface area contributed by atoms with Crippen molar-refractivity contribution in [1.82, 2.24) is 4.98 Å². The van der Waals surface area contributed by atoms with Crippen molar-refractivity contribution >= 4 is 28.1 Å². The average Bonchev–Trinajstić information content (AvgIpc) is 2.91. The van der Waals surface area contributed by atoms with Crippen molar-refractivity contribution in [2.45, 2.75) is 13.8 Å². The predicted molar refractivity (Wildman–Crippen MR) is 75.2 cm³/mol. The van der Waals surface area contributed by atoms with Crippen LogP contribution in [0.1, 0.15) is 28.5 Å². The van der Waals surface area contributed by atoms with E-state index in [1.54, 1.807) is 5.38 Å². The topological polar surface area (TPSA) is 74.6 Å². The molecule has 1 heterocycles. The molecule has 0 spiro atoms. The molecule has 0 unspecified atom stereocenters. The van der Waals surface area contributed by atoms with Crippen molar-refractivity contribution in [3.8, 4) is 0 Å². The van der Waals surface area contributed by atoms with Gasteiger partial charge in [0.1, 0.15) is 28.6 Å². The molecule has 0 aliphatic carbocycles. The molecular weight excluding hydrogens is 300 g/mol. The first kappa shape index (κ1) is 15.0. The van der Waals surface area contributed by atoms with Gasteiger partial charge in [-0.25, -0.2) is 13.8 Å². The second-order valence-corrected chi connectivity index (χ2v) is 5.09. The number of amides is 1. The summed E-state index contributed by atoms with van der Waals surface area (Å²) in [6, 6.07) is 2.28. The van der Waals surface area contributed by atoms with Gasteiger partial charge in [0.15, 0.2) is 5.13 Å². The number of nitrogens with zero attached hydrogens (tertiary/aromatic N) is 2. The normalized spacial score (nSPS) is 11.5. The third-order valence-electron chi connectivity index (χ3n) is 2.76. The van der Waals surface area contributed by atoms with E-state index in [0.717, 1.165) is 17.4 Å². The Balaban J connectivity index is 2.27. The van der Waals surface area contributed by atoms with Crippen LogP contribution in [0.4, 0.5) is 13.9 Å². The summed E-state index contributed by atoms with van der Waals surface area (Å²) < 4.78 is 27.4. The Morgan fingerprint density at radius 1 is 1.43 bits per heavy atom. The van der Waals surface area contributed by atoms with Crippen molar-refractivity contribution in [3.63, 3.8) is 0 Å². The molecule has 0 aliphatic heterocycles. The molecule has 0 radical (unpaired) electrons. The van der Waals surface area contributed by atoms with Crippen LogP contribution in [0.5, 0.6) is 0 Å². The Kier molecular flexibility index (Phi) is 4.27. The Morgan fingerprint density at radius 2 is 2.14 bits per heavy atom. The highest BCUT2D eigenvalue weighted by atomic mass is 32.1. The minimum absolute atomic E-state index is 0.151. The summed E-state index contributed by atoms with van der Waals surface area (Å²) in [5.74, 6) is -2.77. The van der Waals surface area contributed by atoms with E-state index in [1.165, 1.54) is 19.9 Å². The van der Waals surface area contributed by atoms with Crippen LogP contribution in [0.15, 0.2) is 22.7 Å². The number of oxime groups is 1. The summed E-state index contributed by atoms with van der Waals surface area (Å²) in [5.41, 5.74) is 0.145. The van der Waals surface area contributed by atoms with Crippen molar-refractivity contribution in [2.24, 2.45) is 5.16 Å². The van der Waals surface area contributed by atoms with Crippen LogP contribution < -0.4 is 5.32 Å². The zero-order chi connectivity index (χ0) is 15.6. The molecule has 110 valence electrons. The number of hydrogen-bond acceptors (Lipinski definition) is 5. The van der Waals surface area contributed by atoms with Gasteiger partial charge in [-0.3, -0.25) is 10.1 Å². The summed E-state index contributed by atoms with van der Waals surface area (Å²) >= 11 is 1.05. The van der Waals surface area contributed by atoms with E-state index in [-0.39, 0.29) is 16.4 Å². The van der Waals surface area contributed by atoms with Crippen molar-refractivity contribution in [1.29, 1.82) is 0 Å². The molecular formula is C13H11F2N3O2S. The Hall–Kier alpha value is -2.35. The van der Waals surface area contributed by atoms with E-state index in [4.69, 9.17) is 5.21 Å². The third-order valence-corrected chi connectivity index (χ3v) is 3.51. The van der Waals surface area contributed by atoms with E-state index in [9.17, 15) is 13.6 Å². The SMILES string of the molecule is C/C(=N/O)c1csc(NC(=O)c2c(F)ccc(C)c2F)n1. The van der Waals surface area contributed by atoms with E-state index in [1.807, 2.05) is 0 Å². The standard InChI is InChI=1S/C13H11F2N3O2S/c1-6-3-4-8(14)10(11(6)15)12(19)17-13-16-9(5-21-13)7(2)18-20/h3-5,20H,1-2H3,(H,16,17,19)/b18-7-. The van der Waals surface area contributed by atoms with Gasteiger partial charge >= 0.3 is 0 Å². The monoisotopic (exact) mass is 311 g/mol. The lowest BCUT2D eigenvalue weighted by molar-refractivity contribution is 0.101. The minimum atomic E-state index is -0.944. The fourth-order valence-electron chi connectivity index (χ4n) is 1.57. The Morgan fingerprint density at radius 3 is 2.81 bits per heavy atom. The maximum Gasteiger partial charge on any atom is 0.263 e. The summed E-state index contributed by atoms with van der Waals surface area (Å²) in [5, 5.41) is 15.6. The van der Waals surface area contributed by atoms with E-state index >= 15 is 0 Å². The van der Waals surface area contributed by atoms with Crippen molar-refractivity contribution in [2.75, 3.05) is 5.32 Å². The highest BCUT2D eigenvalue weighted by molar-refractivity contribution is 7.14. The molecule has 5 nitrogen and oxygen atoms in total. The first-order valence-corrected chi connectivity index (χ1v) is 6.72. The third kappa shape index (κ3) is 3.05. The molecule has 0 bridgehead atoms. The second-order valence-electron chi connectivity index (χ2n) is 4.23. The predicted octanol–water partition coefficient (Wildman–Crippen LogP) is 3.18. The fourth-order valence-corrected chi connectivity index (χ4v) is 2.32. The van der Waals surface area contributed by atoms with E-state index in [0.29, 0.717) is 5.69 Å². The molecule has 21 heavy (non-hydrogen) atoms. The summed E-state index contributed by atoms with van der Waals surface area (Å²) in [6.45, 7) is 2.97. The van der Waals surface area contributed by atoms with Crippen LogP contribution in [0, 0.1) is 18.6 Å². The number of carbonyl (C=O) groups excluding carboxylic acids is 1. The number of thiazole rings is 1. The molecule has 1 aromatic heterocycles. The zero-order valence-corrected chi connectivity index (χ0v) is 12.0. The lowest BCUT2D eigenvalue weighted by Crippen LogP contribution is -2.16. The minimum Gasteiger partial charge on any atom is -0.411 e. The van der Waals surface area contributed by atoms with Crippen LogP contribution in [-0.2, 0) is 0 Å². The summed E-state index contributed by atoms with van der Waals surface area (Å²) in [4.78, 5) is 15.9. The number of carbonyl (C=O) groups is 1. The molecule has 1 aromatic carbocycles. The van der Waals surface area contributed by atoms with Crippen LogP contribution in [0.3, 0.4) is 0 Å². The molecule has 0 aliphatic rings. The lowest BCUT2D eigenvalue weighted by Gasteiger charge is -2.06. The molecule has 0 atom stereocenters. The van der Waals surface area contributed by atoms with Gasteiger partial charge in [-0.2, -0.15) is 0 Å². The van der Waals surface area contributed by atoms with Gasteiger partial charge in [0.2, 0.25) is 0 Å². The number of rotatable bonds is 3. The number of nitrogens with one attached hydrogen (secondary N) is 1. The van der Waals surface area contributed by atoms with Gasteiger partial charge in [0.05, 0.1) is 0 Å². The number of halogens is 2. The molecule has 0 saturated carbocycles. The van der Waals surface area contributed by atoms with Gasteiger partial charge < -0.3 is 5.21 Å². The van der Waals surface area contributed by atoms with Crippen molar-refractivity contribution in [3.05, 3.63) is 46.0 Å². The van der Waals surface area contributed by atoms with Crippen LogP contribution in [-0.4, -0.2) is 21.8 Å². The Bertz CT molecular complexity index is 728. The van der Waals surface area contributed by atoms with E-state index < -0.39 is 23.1 Å². The quantitative estimate of drug-likeness (QED) is 0.519. The van der Waals surface area contributed by atoms with Gasteiger partial charge in [0.25, 0.3) is 5.91 Å². The largest absolute Gasteiger partial charge is 0.411 e. The first-order valence-electron chi connectivity index (χ1n) is 5.84. The van der Waals surface area contributed by atoms with Crippen LogP contribution >= 0.6 is 11.3 Å². The molecule has 1 amide bonds. The summed E-state index contributed by atoms with van der Waals surface area (Å²) in [7, 11) is 0. The van der Waals surface area contributed by atoms with Crippen molar-refractivity contribution < 1.29 is 18.8 Å². The van der Waals surface area contributed by atoms with E-state index in [2.05, 4.69) is 15.5 Å². The number of aromatic nitrogens is 1. The molecule has 0 saturated heterocycles. The lowest BCUT2D eigenvalue weighted by atomic mass is 10.1. The van der Waals surface area contributed by atoms with Gasteiger partial charge in [0, 0.05) is 5.38 Å². The number of anilines is 1. The highest BCUT2D eigenvalue weighted by Crippen LogP contribution is 2.20. The maximum atomic E-state index is 13.8. The summed E-state index contributed by atoms with van der Waals surface area (Å²) in [6.07, 6.45) is 0. The average molecular weight is 311 g/mol. The molecule has 2 aromatic rings. The highest BCUT2D eigenvalue weighted by Gasteiger charge is 2.20. The fraction of sp³-hybridized carbons (Fsp3) is 0.154.